The van der Waals surface area contributed by atoms with Crippen LogP contribution in [0.4, 0.5) is 10.1 Å². The SMILES string of the molecule is N#Cc1ccc(F)c(CSc2ncccc2N)c1. The number of thioether (sulfide) groups is 1. The maximum absolute atomic E-state index is 13.5. The first kappa shape index (κ1) is 12.4. The van der Waals surface area contributed by atoms with Gasteiger partial charge in [-0.05, 0) is 35.9 Å². The highest BCUT2D eigenvalue weighted by atomic mass is 32.2. The second-order valence-electron chi connectivity index (χ2n) is 3.60. The van der Waals surface area contributed by atoms with Gasteiger partial charge in [-0.1, -0.05) is 11.8 Å². The zero-order valence-corrected chi connectivity index (χ0v) is 10.2. The van der Waals surface area contributed by atoms with Gasteiger partial charge in [-0.2, -0.15) is 5.26 Å². The van der Waals surface area contributed by atoms with E-state index in [9.17, 15) is 4.39 Å². The first-order valence-corrected chi connectivity index (χ1v) is 6.21. The summed E-state index contributed by atoms with van der Waals surface area (Å²) >= 11 is 1.35. The topological polar surface area (TPSA) is 62.7 Å². The van der Waals surface area contributed by atoms with Crippen LogP contribution in [0.3, 0.4) is 0 Å². The van der Waals surface area contributed by atoms with Crippen molar-refractivity contribution < 1.29 is 4.39 Å². The zero-order chi connectivity index (χ0) is 13.0. The Labute approximate surface area is 108 Å². The lowest BCUT2D eigenvalue weighted by Crippen LogP contribution is -1.93. The standard InChI is InChI=1S/C13H10FN3S/c14-11-4-3-9(7-15)6-10(11)8-18-13-12(16)2-1-5-17-13/h1-6H,8,16H2. The van der Waals surface area contributed by atoms with Crippen LogP contribution in [-0.4, -0.2) is 4.98 Å². The zero-order valence-electron chi connectivity index (χ0n) is 9.43. The molecule has 1 aromatic carbocycles. The lowest BCUT2D eigenvalue weighted by atomic mass is 10.1. The maximum atomic E-state index is 13.5. The number of rotatable bonds is 3. The summed E-state index contributed by atoms with van der Waals surface area (Å²) in [5.74, 6) is 0.0683. The minimum Gasteiger partial charge on any atom is -0.397 e. The van der Waals surface area contributed by atoms with E-state index in [0.717, 1.165) is 0 Å². The van der Waals surface area contributed by atoms with Crippen molar-refractivity contribution in [2.24, 2.45) is 0 Å². The molecule has 0 unspecified atom stereocenters. The molecule has 2 N–H and O–H groups in total. The highest BCUT2D eigenvalue weighted by Gasteiger charge is 2.06. The number of nitrogen functional groups attached to an aromatic ring is 1. The van der Waals surface area contributed by atoms with Gasteiger partial charge >= 0.3 is 0 Å². The van der Waals surface area contributed by atoms with Crippen molar-refractivity contribution in [2.45, 2.75) is 10.8 Å². The van der Waals surface area contributed by atoms with Gasteiger partial charge in [-0.25, -0.2) is 9.37 Å². The fourth-order valence-electron chi connectivity index (χ4n) is 1.42. The van der Waals surface area contributed by atoms with Gasteiger partial charge in [0.05, 0.1) is 17.3 Å². The molecule has 0 radical (unpaired) electrons. The summed E-state index contributed by atoms with van der Waals surface area (Å²) in [5, 5.41) is 9.44. The normalized spacial score (nSPS) is 10.0. The number of pyridine rings is 1. The molecule has 0 aliphatic carbocycles. The minimum absolute atomic E-state index is 0.323. The van der Waals surface area contributed by atoms with Crippen LogP contribution in [0.2, 0.25) is 0 Å². The molecule has 0 saturated carbocycles. The first-order valence-electron chi connectivity index (χ1n) is 5.22. The van der Waals surface area contributed by atoms with E-state index in [1.54, 1.807) is 24.4 Å². The van der Waals surface area contributed by atoms with E-state index >= 15 is 0 Å². The van der Waals surface area contributed by atoms with E-state index in [2.05, 4.69) is 4.98 Å². The van der Waals surface area contributed by atoms with E-state index in [0.29, 0.717) is 27.6 Å². The molecule has 0 amide bonds. The molecule has 0 saturated heterocycles. The third kappa shape index (κ3) is 2.79. The number of hydrogen-bond donors (Lipinski definition) is 1. The molecule has 0 bridgehead atoms. The van der Waals surface area contributed by atoms with Gasteiger partial charge in [0.1, 0.15) is 10.8 Å². The number of nitrogens with two attached hydrogens (primary N) is 1. The van der Waals surface area contributed by atoms with Crippen LogP contribution in [-0.2, 0) is 5.75 Å². The smallest absolute Gasteiger partial charge is 0.127 e. The molecule has 0 spiro atoms. The van der Waals surface area contributed by atoms with Gasteiger partial charge in [-0.3, -0.25) is 0 Å². The van der Waals surface area contributed by atoms with Crippen molar-refractivity contribution in [3.63, 3.8) is 0 Å². The summed E-state index contributed by atoms with van der Waals surface area (Å²) in [5.41, 5.74) is 7.24. The van der Waals surface area contributed by atoms with E-state index in [4.69, 9.17) is 11.0 Å². The van der Waals surface area contributed by atoms with E-state index in [1.807, 2.05) is 6.07 Å². The lowest BCUT2D eigenvalue weighted by Gasteiger charge is -2.05. The number of hydrogen-bond acceptors (Lipinski definition) is 4. The van der Waals surface area contributed by atoms with Crippen molar-refractivity contribution in [2.75, 3.05) is 5.73 Å². The summed E-state index contributed by atoms with van der Waals surface area (Å²) in [6.07, 6.45) is 1.64. The van der Waals surface area contributed by atoms with Crippen LogP contribution in [0.1, 0.15) is 11.1 Å². The second kappa shape index (κ2) is 5.52. The van der Waals surface area contributed by atoms with Crippen molar-refractivity contribution in [3.8, 4) is 6.07 Å². The number of nitriles is 1. The third-order valence-corrected chi connectivity index (χ3v) is 3.41. The molecule has 0 aliphatic heterocycles. The summed E-state index contributed by atoms with van der Waals surface area (Å²) in [7, 11) is 0. The Morgan fingerprint density at radius 1 is 1.39 bits per heavy atom. The monoisotopic (exact) mass is 259 g/mol. The molecule has 0 fully saturated rings. The van der Waals surface area contributed by atoms with Gasteiger partial charge in [0.15, 0.2) is 0 Å². The molecule has 1 heterocycles. The van der Waals surface area contributed by atoms with E-state index < -0.39 is 0 Å². The van der Waals surface area contributed by atoms with E-state index in [-0.39, 0.29) is 5.82 Å². The van der Waals surface area contributed by atoms with Gasteiger partial charge in [0.25, 0.3) is 0 Å². The molecule has 3 nitrogen and oxygen atoms in total. The Balaban J connectivity index is 2.16. The van der Waals surface area contributed by atoms with Gasteiger partial charge < -0.3 is 5.73 Å². The molecule has 90 valence electrons. The van der Waals surface area contributed by atoms with Gasteiger partial charge in [-0.15, -0.1) is 0 Å². The molecule has 2 aromatic rings. The lowest BCUT2D eigenvalue weighted by molar-refractivity contribution is 0.617. The molecule has 2 rings (SSSR count). The predicted octanol–water partition coefficient (Wildman–Crippen LogP) is 2.97. The average molecular weight is 259 g/mol. The number of nitrogens with zero attached hydrogens (tertiary/aromatic N) is 2. The molecule has 1 aromatic heterocycles. The maximum Gasteiger partial charge on any atom is 0.127 e. The first-order chi connectivity index (χ1) is 8.70. The van der Waals surface area contributed by atoms with Crippen molar-refractivity contribution in [1.29, 1.82) is 5.26 Å². The second-order valence-corrected chi connectivity index (χ2v) is 4.57. The fourth-order valence-corrected chi connectivity index (χ4v) is 2.31. The molecule has 0 aliphatic rings. The van der Waals surface area contributed by atoms with Crippen LogP contribution >= 0.6 is 11.8 Å². The largest absolute Gasteiger partial charge is 0.397 e. The van der Waals surface area contributed by atoms with Gasteiger partial charge in [0, 0.05) is 11.9 Å². The Morgan fingerprint density at radius 3 is 2.94 bits per heavy atom. The van der Waals surface area contributed by atoms with Crippen molar-refractivity contribution in [3.05, 3.63) is 53.5 Å². The van der Waals surface area contributed by atoms with Crippen LogP contribution in [0, 0.1) is 17.1 Å². The van der Waals surface area contributed by atoms with Crippen molar-refractivity contribution in [1.82, 2.24) is 4.98 Å². The summed E-state index contributed by atoms with van der Waals surface area (Å²) in [6.45, 7) is 0. The summed E-state index contributed by atoms with van der Waals surface area (Å²) in [6, 6.07) is 9.78. The van der Waals surface area contributed by atoms with E-state index in [1.165, 1.54) is 23.9 Å². The fraction of sp³-hybridized carbons (Fsp3) is 0.0769. The molecular weight excluding hydrogens is 249 g/mol. The molecule has 18 heavy (non-hydrogen) atoms. The number of aromatic nitrogens is 1. The Bertz CT molecular complexity index is 607. The Kier molecular flexibility index (Phi) is 3.80. The van der Waals surface area contributed by atoms with Crippen LogP contribution < -0.4 is 5.73 Å². The predicted molar refractivity (Wildman–Crippen MR) is 69.3 cm³/mol. The Hall–Kier alpha value is -2.06. The molecule has 5 heteroatoms. The van der Waals surface area contributed by atoms with Crippen LogP contribution in [0.25, 0.3) is 0 Å². The summed E-state index contributed by atoms with van der Waals surface area (Å²) < 4.78 is 13.5. The quantitative estimate of drug-likeness (QED) is 0.861. The number of benzene rings is 1. The Morgan fingerprint density at radius 2 is 2.22 bits per heavy atom. The number of anilines is 1. The highest BCUT2D eigenvalue weighted by molar-refractivity contribution is 7.98. The van der Waals surface area contributed by atoms with Crippen LogP contribution in [0.15, 0.2) is 41.6 Å². The average Bonchev–Trinajstić information content (AvgIpc) is 2.39. The van der Waals surface area contributed by atoms with Crippen molar-refractivity contribution >= 4 is 17.4 Å². The third-order valence-electron chi connectivity index (χ3n) is 2.34. The number of halogens is 1. The minimum atomic E-state index is -0.323. The molecular formula is C13H10FN3S. The highest BCUT2D eigenvalue weighted by Crippen LogP contribution is 2.26. The summed E-state index contributed by atoms with van der Waals surface area (Å²) in [4.78, 5) is 4.12. The van der Waals surface area contributed by atoms with Crippen LogP contribution in [0.5, 0.6) is 0 Å². The molecule has 0 atom stereocenters. The van der Waals surface area contributed by atoms with Gasteiger partial charge in [0.2, 0.25) is 0 Å².